The quantitative estimate of drug-likeness (QED) is 0.0909. The van der Waals surface area contributed by atoms with Crippen LogP contribution in [0.5, 0.6) is 0 Å². The minimum absolute atomic E-state index is 0.625. The second-order valence-electron chi connectivity index (χ2n) is 16.7. The van der Waals surface area contributed by atoms with Gasteiger partial charge in [-0.25, -0.2) is 14.8 Å². The van der Waals surface area contributed by atoms with Crippen LogP contribution in [0.15, 0.2) is 237 Å². The molecule has 0 atom stereocenters. The molecule has 1 heterocycles. The lowest BCUT2D eigenvalue weighted by molar-refractivity contribution is 1.18. The summed E-state index contributed by atoms with van der Waals surface area (Å²) in [5.74, 6) is 0.672. The highest BCUT2D eigenvalue weighted by Crippen LogP contribution is 2.48. The van der Waals surface area contributed by atoms with Gasteiger partial charge in [-0.3, -0.25) is 0 Å². The van der Waals surface area contributed by atoms with Crippen molar-refractivity contribution in [3.05, 3.63) is 248 Å². The number of nitrogens with zero attached hydrogens (tertiary/aromatic N) is 3. The maximum absolute atomic E-state index is 7.37. The smallest absolute Gasteiger partial charge is 0.187 e. The van der Waals surface area contributed by atoms with E-state index in [1.807, 2.05) is 42.5 Å². The minimum atomic E-state index is 0.625. The van der Waals surface area contributed by atoms with Gasteiger partial charge in [0.2, 0.25) is 0 Å². The van der Waals surface area contributed by atoms with E-state index in [9.17, 15) is 0 Å². The molecule has 306 valence electrons. The molecule has 3 nitrogen and oxygen atoms in total. The Kier molecular flexibility index (Phi) is 9.55. The first-order valence-electron chi connectivity index (χ1n) is 22.3. The Balaban J connectivity index is 0.983. The first-order chi connectivity index (χ1) is 32.7. The Labute approximate surface area is 383 Å². The highest BCUT2D eigenvalue weighted by molar-refractivity contribution is 6.29. The Bertz CT molecular complexity index is 3850. The van der Waals surface area contributed by atoms with E-state index in [2.05, 4.69) is 199 Å². The lowest BCUT2D eigenvalue weighted by atomic mass is 9.82. The van der Waals surface area contributed by atoms with Crippen molar-refractivity contribution in [1.29, 1.82) is 0 Å². The second kappa shape index (κ2) is 16.3. The van der Waals surface area contributed by atoms with Crippen molar-refractivity contribution in [3.63, 3.8) is 0 Å². The number of hydrogen-bond donors (Lipinski definition) is 0. The Morgan fingerprint density at radius 1 is 0.303 bits per heavy atom. The van der Waals surface area contributed by atoms with Crippen LogP contribution in [-0.4, -0.2) is 9.97 Å². The molecule has 0 radical (unpaired) electrons. The van der Waals surface area contributed by atoms with Crippen LogP contribution in [-0.2, 0) is 0 Å². The lowest BCUT2D eigenvalue weighted by Crippen LogP contribution is -1.96. The van der Waals surface area contributed by atoms with Crippen LogP contribution in [0, 0.1) is 6.57 Å². The Morgan fingerprint density at radius 2 is 0.833 bits per heavy atom. The minimum Gasteiger partial charge on any atom is -0.238 e. The van der Waals surface area contributed by atoms with Crippen LogP contribution in [0.4, 0.5) is 5.69 Å². The summed E-state index contributed by atoms with van der Waals surface area (Å²) in [7, 11) is 0. The van der Waals surface area contributed by atoms with Gasteiger partial charge in [0.15, 0.2) is 11.5 Å². The molecule has 0 aliphatic carbocycles. The zero-order valence-electron chi connectivity index (χ0n) is 35.9. The first-order valence-corrected chi connectivity index (χ1v) is 22.3. The third-order valence-corrected chi connectivity index (χ3v) is 12.9. The molecule has 12 aromatic rings. The van der Waals surface area contributed by atoms with E-state index in [0.29, 0.717) is 11.5 Å². The van der Waals surface area contributed by atoms with Gasteiger partial charge in [0.1, 0.15) is 0 Å². The van der Waals surface area contributed by atoms with E-state index in [1.54, 1.807) is 0 Å². The summed E-state index contributed by atoms with van der Waals surface area (Å²) < 4.78 is 0. The first kappa shape index (κ1) is 38.7. The summed E-state index contributed by atoms with van der Waals surface area (Å²) in [6, 6.07) is 83.9. The van der Waals surface area contributed by atoms with Crippen molar-refractivity contribution in [3.8, 4) is 78.4 Å². The van der Waals surface area contributed by atoms with Gasteiger partial charge in [-0.15, -0.1) is 0 Å². The molecule has 3 heteroatoms. The zero-order chi connectivity index (χ0) is 44.0. The predicted octanol–water partition coefficient (Wildman–Crippen LogP) is 17.3. The van der Waals surface area contributed by atoms with Crippen LogP contribution >= 0.6 is 0 Å². The van der Waals surface area contributed by atoms with Crippen LogP contribution < -0.4 is 0 Å². The lowest BCUT2D eigenvalue weighted by Gasteiger charge is -2.21. The van der Waals surface area contributed by atoms with Crippen LogP contribution in [0.3, 0.4) is 0 Å². The maximum Gasteiger partial charge on any atom is 0.187 e. The molecule has 0 aliphatic rings. The van der Waals surface area contributed by atoms with Gasteiger partial charge < -0.3 is 0 Å². The van der Waals surface area contributed by atoms with E-state index in [0.717, 1.165) is 44.8 Å². The normalized spacial score (nSPS) is 11.3. The SMILES string of the molecule is [C-]#[N+]c1ccc(-c2cccc(-c3cc(-c4ccc(-c5ccc(-c6c7ccccc7c(-c7ccccc7)c7c6ccc6ccccc67)c6ccccc56)cc4)nc(-c4ccccc4)n3)c2)cc1. The van der Waals surface area contributed by atoms with E-state index >= 15 is 0 Å². The summed E-state index contributed by atoms with van der Waals surface area (Å²) in [5.41, 5.74) is 14.7. The Hall–Kier alpha value is -8.97. The highest BCUT2D eigenvalue weighted by atomic mass is 14.9. The van der Waals surface area contributed by atoms with Crippen LogP contribution in [0.2, 0.25) is 0 Å². The summed E-state index contributed by atoms with van der Waals surface area (Å²) in [4.78, 5) is 13.8. The van der Waals surface area contributed by atoms with E-state index in [-0.39, 0.29) is 0 Å². The van der Waals surface area contributed by atoms with Crippen molar-refractivity contribution in [2.45, 2.75) is 0 Å². The molecular weight excluding hydrogens is 799 g/mol. The topological polar surface area (TPSA) is 30.1 Å². The highest BCUT2D eigenvalue weighted by Gasteiger charge is 2.21. The summed E-state index contributed by atoms with van der Waals surface area (Å²) in [6.07, 6.45) is 0. The summed E-state index contributed by atoms with van der Waals surface area (Å²) in [6.45, 7) is 7.37. The van der Waals surface area contributed by atoms with Gasteiger partial charge in [0.25, 0.3) is 0 Å². The molecule has 0 spiro atoms. The molecule has 0 fully saturated rings. The number of hydrogen-bond acceptors (Lipinski definition) is 2. The molecule has 0 N–H and O–H groups in total. The fraction of sp³-hybridized carbons (Fsp3) is 0. The number of fused-ring (bicyclic) bond motifs is 5. The standard InChI is InChI=1S/C63H39N3/c1-64-49-34-31-41(32-35-49)47-20-14-21-48(39-47)59-40-58(65-63(66-59)46-18-6-3-7-19-46)44-29-27-43(28-30-44)50-37-38-56(53-24-11-10-23-52(50)53)61-55-26-13-12-25-54(55)60(45-16-4-2-5-17-45)62-51-22-9-8-15-42(51)33-36-57(61)62/h2-40H. The molecule has 66 heavy (non-hydrogen) atoms. The van der Waals surface area contributed by atoms with Gasteiger partial charge >= 0.3 is 0 Å². The van der Waals surface area contributed by atoms with Gasteiger partial charge in [0, 0.05) is 16.7 Å². The van der Waals surface area contributed by atoms with Gasteiger partial charge in [-0.1, -0.05) is 224 Å². The van der Waals surface area contributed by atoms with Gasteiger partial charge in [0.05, 0.1) is 18.0 Å². The van der Waals surface area contributed by atoms with Gasteiger partial charge in [-0.2, -0.15) is 0 Å². The molecule has 0 aliphatic heterocycles. The maximum atomic E-state index is 7.37. The third kappa shape index (κ3) is 6.77. The molecule has 12 rings (SSSR count). The van der Waals surface area contributed by atoms with Crippen molar-refractivity contribution in [2.75, 3.05) is 0 Å². The molecule has 0 amide bonds. The largest absolute Gasteiger partial charge is 0.238 e. The fourth-order valence-corrected chi connectivity index (χ4v) is 9.78. The fourth-order valence-electron chi connectivity index (χ4n) is 9.78. The van der Waals surface area contributed by atoms with Gasteiger partial charge in [-0.05, 0) is 99.7 Å². The van der Waals surface area contributed by atoms with Crippen molar-refractivity contribution >= 4 is 48.8 Å². The van der Waals surface area contributed by atoms with Crippen molar-refractivity contribution in [2.24, 2.45) is 0 Å². The number of rotatable bonds is 7. The average molecular weight is 838 g/mol. The van der Waals surface area contributed by atoms with E-state index in [4.69, 9.17) is 16.5 Å². The molecule has 0 bridgehead atoms. The molecule has 0 saturated carbocycles. The monoisotopic (exact) mass is 837 g/mol. The average Bonchev–Trinajstić information content (AvgIpc) is 3.40. The third-order valence-electron chi connectivity index (χ3n) is 12.9. The van der Waals surface area contributed by atoms with Crippen LogP contribution in [0.1, 0.15) is 0 Å². The molecule has 0 saturated heterocycles. The summed E-state index contributed by atoms with van der Waals surface area (Å²) >= 11 is 0. The molecule has 1 aromatic heterocycles. The molecule has 0 unspecified atom stereocenters. The van der Waals surface area contributed by atoms with Crippen LogP contribution in [0.25, 0.3) is 126 Å². The Morgan fingerprint density at radius 3 is 1.55 bits per heavy atom. The summed E-state index contributed by atoms with van der Waals surface area (Å²) in [5, 5.41) is 9.91. The predicted molar refractivity (Wildman–Crippen MR) is 276 cm³/mol. The van der Waals surface area contributed by atoms with E-state index < -0.39 is 0 Å². The molecular formula is C63H39N3. The second-order valence-corrected chi connectivity index (χ2v) is 16.7. The van der Waals surface area contributed by atoms with Crippen molar-refractivity contribution < 1.29 is 0 Å². The van der Waals surface area contributed by atoms with Crippen molar-refractivity contribution in [1.82, 2.24) is 9.97 Å². The number of aromatic nitrogens is 2. The van der Waals surface area contributed by atoms with E-state index in [1.165, 1.54) is 70.9 Å². The zero-order valence-corrected chi connectivity index (χ0v) is 35.9. The number of benzene rings is 11. The molecule has 11 aromatic carbocycles.